The van der Waals surface area contributed by atoms with Gasteiger partial charge in [0.2, 0.25) is 0 Å². The van der Waals surface area contributed by atoms with Crippen molar-refractivity contribution in [3.05, 3.63) is 40.5 Å². The fourth-order valence-corrected chi connectivity index (χ4v) is 1.71. The summed E-state index contributed by atoms with van der Waals surface area (Å²) >= 11 is 3.41. The molecule has 0 bridgehead atoms. The van der Waals surface area contributed by atoms with E-state index < -0.39 is 0 Å². The van der Waals surface area contributed by atoms with Crippen LogP contribution in [0.5, 0.6) is 0 Å². The first kappa shape index (κ1) is 8.66. The minimum atomic E-state index is 0.556. The molecule has 13 heavy (non-hydrogen) atoms. The van der Waals surface area contributed by atoms with Gasteiger partial charge in [-0.2, -0.15) is 0 Å². The highest BCUT2D eigenvalue weighted by Gasteiger charge is 1.99. The maximum atomic E-state index is 5.61. The van der Waals surface area contributed by atoms with E-state index in [0.717, 1.165) is 20.9 Å². The van der Waals surface area contributed by atoms with E-state index in [9.17, 15) is 0 Å². The average molecular weight is 237 g/mol. The highest BCUT2D eigenvalue weighted by atomic mass is 79.9. The van der Waals surface area contributed by atoms with Gasteiger partial charge in [0.25, 0.3) is 0 Å². The van der Waals surface area contributed by atoms with Gasteiger partial charge >= 0.3 is 0 Å². The summed E-state index contributed by atoms with van der Waals surface area (Å²) in [6, 6.07) is 7.99. The molecule has 0 aliphatic heterocycles. The number of fused-ring (bicyclic) bond motifs is 1. The molecule has 2 aromatic rings. The number of benzene rings is 1. The van der Waals surface area contributed by atoms with E-state index in [1.165, 1.54) is 0 Å². The molecule has 0 atom stereocenters. The van der Waals surface area contributed by atoms with Crippen LogP contribution in [-0.4, -0.2) is 4.98 Å². The minimum Gasteiger partial charge on any atom is -0.326 e. The number of aromatic nitrogens is 1. The Balaban J connectivity index is 2.77. The standard InChI is InChI=1S/C10H9BrN2/c11-8-1-2-9-7(6-12)3-4-13-10(9)5-8/h1-5H,6,12H2. The molecule has 0 saturated carbocycles. The Kier molecular flexibility index (Phi) is 2.29. The van der Waals surface area contributed by atoms with Crippen LogP contribution < -0.4 is 5.73 Å². The van der Waals surface area contributed by atoms with Crippen LogP contribution in [-0.2, 0) is 6.54 Å². The molecule has 1 aromatic carbocycles. The van der Waals surface area contributed by atoms with Crippen LogP contribution >= 0.6 is 15.9 Å². The highest BCUT2D eigenvalue weighted by molar-refractivity contribution is 9.10. The van der Waals surface area contributed by atoms with Crippen molar-refractivity contribution < 1.29 is 0 Å². The fraction of sp³-hybridized carbons (Fsp3) is 0.100. The van der Waals surface area contributed by atoms with Crippen LogP contribution in [0.4, 0.5) is 0 Å². The zero-order valence-corrected chi connectivity index (χ0v) is 8.58. The van der Waals surface area contributed by atoms with Gasteiger partial charge < -0.3 is 5.73 Å². The quantitative estimate of drug-likeness (QED) is 0.827. The van der Waals surface area contributed by atoms with Gasteiger partial charge in [-0.1, -0.05) is 22.0 Å². The van der Waals surface area contributed by atoms with Crippen molar-refractivity contribution >= 4 is 26.8 Å². The van der Waals surface area contributed by atoms with E-state index in [4.69, 9.17) is 5.73 Å². The van der Waals surface area contributed by atoms with Crippen molar-refractivity contribution in [3.63, 3.8) is 0 Å². The lowest BCUT2D eigenvalue weighted by Crippen LogP contribution is -1.97. The molecule has 0 aliphatic carbocycles. The molecule has 2 nitrogen and oxygen atoms in total. The van der Waals surface area contributed by atoms with E-state index in [1.807, 2.05) is 24.3 Å². The summed E-state index contributed by atoms with van der Waals surface area (Å²) in [6.45, 7) is 0.556. The van der Waals surface area contributed by atoms with Crippen LogP contribution in [0.15, 0.2) is 34.9 Å². The molecule has 0 saturated heterocycles. The van der Waals surface area contributed by atoms with E-state index in [2.05, 4.69) is 20.9 Å². The number of hydrogen-bond acceptors (Lipinski definition) is 2. The van der Waals surface area contributed by atoms with Crippen LogP contribution in [0.25, 0.3) is 10.9 Å². The smallest absolute Gasteiger partial charge is 0.0716 e. The number of rotatable bonds is 1. The van der Waals surface area contributed by atoms with Crippen LogP contribution in [0, 0.1) is 0 Å². The Bertz CT molecular complexity index is 440. The monoisotopic (exact) mass is 236 g/mol. The van der Waals surface area contributed by atoms with E-state index in [0.29, 0.717) is 6.54 Å². The third-order valence-corrected chi connectivity index (χ3v) is 2.51. The first-order valence-electron chi connectivity index (χ1n) is 4.04. The SMILES string of the molecule is NCc1ccnc2cc(Br)ccc12. The molecule has 0 unspecified atom stereocenters. The van der Waals surface area contributed by atoms with Crippen LogP contribution in [0.2, 0.25) is 0 Å². The highest BCUT2D eigenvalue weighted by Crippen LogP contribution is 2.20. The third kappa shape index (κ3) is 1.57. The summed E-state index contributed by atoms with van der Waals surface area (Å²) in [6.07, 6.45) is 1.79. The molecule has 0 spiro atoms. The van der Waals surface area contributed by atoms with E-state index in [1.54, 1.807) is 6.20 Å². The molecule has 0 aliphatic rings. The topological polar surface area (TPSA) is 38.9 Å². The number of nitrogens with two attached hydrogens (primary N) is 1. The molecule has 2 rings (SSSR count). The second kappa shape index (κ2) is 3.44. The van der Waals surface area contributed by atoms with Gasteiger partial charge in [-0.15, -0.1) is 0 Å². The second-order valence-corrected chi connectivity index (χ2v) is 3.75. The predicted molar refractivity (Wildman–Crippen MR) is 57.3 cm³/mol. The maximum Gasteiger partial charge on any atom is 0.0716 e. The lowest BCUT2D eigenvalue weighted by Gasteiger charge is -2.02. The molecule has 0 radical (unpaired) electrons. The first-order valence-corrected chi connectivity index (χ1v) is 4.84. The summed E-state index contributed by atoms with van der Waals surface area (Å²) in [5.74, 6) is 0. The molecule has 0 amide bonds. The molecule has 1 heterocycles. The van der Waals surface area contributed by atoms with Gasteiger partial charge in [-0.05, 0) is 23.8 Å². The van der Waals surface area contributed by atoms with E-state index >= 15 is 0 Å². The van der Waals surface area contributed by atoms with Gasteiger partial charge in [0.05, 0.1) is 5.52 Å². The van der Waals surface area contributed by atoms with E-state index in [-0.39, 0.29) is 0 Å². The van der Waals surface area contributed by atoms with Crippen molar-refractivity contribution in [2.75, 3.05) is 0 Å². The second-order valence-electron chi connectivity index (χ2n) is 2.84. The summed E-state index contributed by atoms with van der Waals surface area (Å²) < 4.78 is 1.04. The predicted octanol–water partition coefficient (Wildman–Crippen LogP) is 2.46. The van der Waals surface area contributed by atoms with Crippen molar-refractivity contribution in [2.45, 2.75) is 6.54 Å². The van der Waals surface area contributed by atoms with Crippen molar-refractivity contribution in [1.82, 2.24) is 4.98 Å². The molecule has 3 heteroatoms. The third-order valence-electron chi connectivity index (χ3n) is 2.01. The number of pyridine rings is 1. The summed E-state index contributed by atoms with van der Waals surface area (Å²) in [5, 5.41) is 1.13. The summed E-state index contributed by atoms with van der Waals surface area (Å²) in [7, 11) is 0. The van der Waals surface area contributed by atoms with Gasteiger partial charge in [-0.3, -0.25) is 4.98 Å². The van der Waals surface area contributed by atoms with Gasteiger partial charge in [0, 0.05) is 22.6 Å². The normalized spacial score (nSPS) is 10.6. The summed E-state index contributed by atoms with van der Waals surface area (Å²) in [5.41, 5.74) is 7.73. The number of halogens is 1. The Labute approximate surface area is 84.9 Å². The van der Waals surface area contributed by atoms with Gasteiger partial charge in [-0.25, -0.2) is 0 Å². The van der Waals surface area contributed by atoms with Crippen molar-refractivity contribution in [2.24, 2.45) is 5.73 Å². The van der Waals surface area contributed by atoms with Gasteiger partial charge in [0.1, 0.15) is 0 Å². The summed E-state index contributed by atoms with van der Waals surface area (Å²) in [4.78, 5) is 4.27. The maximum absolute atomic E-state index is 5.61. The van der Waals surface area contributed by atoms with Gasteiger partial charge in [0.15, 0.2) is 0 Å². The van der Waals surface area contributed by atoms with Crippen LogP contribution in [0.3, 0.4) is 0 Å². The largest absolute Gasteiger partial charge is 0.326 e. The molecular weight excluding hydrogens is 228 g/mol. The Morgan fingerprint density at radius 1 is 1.31 bits per heavy atom. The zero-order valence-electron chi connectivity index (χ0n) is 7.00. The lowest BCUT2D eigenvalue weighted by atomic mass is 10.1. The fourth-order valence-electron chi connectivity index (χ4n) is 1.36. The Morgan fingerprint density at radius 3 is 2.92 bits per heavy atom. The molecular formula is C10H9BrN2. The van der Waals surface area contributed by atoms with Crippen molar-refractivity contribution in [1.29, 1.82) is 0 Å². The Hall–Kier alpha value is -0.930. The average Bonchev–Trinajstić information content (AvgIpc) is 2.16. The number of hydrogen-bond donors (Lipinski definition) is 1. The lowest BCUT2D eigenvalue weighted by molar-refractivity contribution is 1.08. The molecule has 2 N–H and O–H groups in total. The number of nitrogens with zero attached hydrogens (tertiary/aromatic N) is 1. The minimum absolute atomic E-state index is 0.556. The zero-order chi connectivity index (χ0) is 9.26. The van der Waals surface area contributed by atoms with Crippen LogP contribution in [0.1, 0.15) is 5.56 Å². The van der Waals surface area contributed by atoms with Crippen molar-refractivity contribution in [3.8, 4) is 0 Å². The molecule has 1 aromatic heterocycles. The Morgan fingerprint density at radius 2 is 2.15 bits per heavy atom. The molecule has 66 valence electrons. The first-order chi connectivity index (χ1) is 6.31. The molecule has 0 fully saturated rings.